The second kappa shape index (κ2) is 4.77. The number of rotatable bonds is 4. The molecule has 2 heteroatoms. The predicted molar refractivity (Wildman–Crippen MR) is 53.6 cm³/mol. The van der Waals surface area contributed by atoms with Crippen molar-refractivity contribution in [3.63, 3.8) is 0 Å². The van der Waals surface area contributed by atoms with Crippen LogP contribution in [0.4, 0.5) is 0 Å². The first-order valence-electron chi connectivity index (χ1n) is 4.55. The van der Waals surface area contributed by atoms with Crippen molar-refractivity contribution in [2.24, 2.45) is 5.73 Å². The molecule has 0 bridgehead atoms. The summed E-state index contributed by atoms with van der Waals surface area (Å²) in [4.78, 5) is 10.3. The van der Waals surface area contributed by atoms with Crippen LogP contribution in [0.25, 0.3) is 0 Å². The fraction of sp³-hybridized carbons (Fsp3) is 0.364. The molecule has 0 radical (unpaired) electrons. The first kappa shape index (κ1) is 9.93. The lowest BCUT2D eigenvalue weighted by Crippen LogP contribution is -2.23. The third-order valence-corrected chi connectivity index (χ3v) is 2.08. The van der Waals surface area contributed by atoms with Crippen LogP contribution in [-0.4, -0.2) is 12.3 Å². The lowest BCUT2D eigenvalue weighted by molar-refractivity contribution is -0.108. The normalized spacial score (nSPS) is 12.5. The molecule has 2 nitrogen and oxygen atoms in total. The molecule has 1 rings (SSSR count). The van der Waals surface area contributed by atoms with Gasteiger partial charge in [-0.2, -0.15) is 0 Å². The number of hydrogen-bond donors (Lipinski definition) is 1. The molecular weight excluding hydrogens is 162 g/mol. The quantitative estimate of drug-likeness (QED) is 0.705. The zero-order chi connectivity index (χ0) is 9.68. The Labute approximate surface area is 78.8 Å². The summed E-state index contributed by atoms with van der Waals surface area (Å²) in [6, 6.07) is 7.84. The monoisotopic (exact) mass is 177 g/mol. The topological polar surface area (TPSA) is 43.1 Å². The van der Waals surface area contributed by atoms with Crippen molar-refractivity contribution < 1.29 is 4.79 Å². The molecule has 0 aliphatic heterocycles. The van der Waals surface area contributed by atoms with Gasteiger partial charge in [0.1, 0.15) is 6.29 Å². The van der Waals surface area contributed by atoms with Gasteiger partial charge in [-0.1, -0.05) is 31.2 Å². The minimum Gasteiger partial charge on any atom is -0.321 e. The number of aldehydes is 1. The number of carbonyl (C=O) groups excluding carboxylic acids is 1. The third-order valence-electron chi connectivity index (χ3n) is 2.08. The highest BCUT2D eigenvalue weighted by molar-refractivity contribution is 5.57. The molecule has 70 valence electrons. The van der Waals surface area contributed by atoms with E-state index in [1.165, 1.54) is 5.56 Å². The number of carbonyl (C=O) groups is 1. The van der Waals surface area contributed by atoms with E-state index in [9.17, 15) is 4.79 Å². The van der Waals surface area contributed by atoms with Crippen molar-refractivity contribution in [3.05, 3.63) is 35.4 Å². The van der Waals surface area contributed by atoms with Crippen LogP contribution in [0, 0.1) is 0 Å². The van der Waals surface area contributed by atoms with Crippen LogP contribution in [-0.2, 0) is 17.6 Å². The number of benzene rings is 1. The van der Waals surface area contributed by atoms with Crippen molar-refractivity contribution >= 4 is 6.29 Å². The molecule has 1 atom stereocenters. The summed E-state index contributed by atoms with van der Waals surface area (Å²) in [5, 5.41) is 0. The lowest BCUT2D eigenvalue weighted by Gasteiger charge is -2.04. The van der Waals surface area contributed by atoms with E-state index in [1.807, 2.05) is 12.1 Å². The molecule has 0 heterocycles. The van der Waals surface area contributed by atoms with E-state index in [0.717, 1.165) is 18.3 Å². The first-order valence-corrected chi connectivity index (χ1v) is 4.55. The Morgan fingerprint density at radius 2 is 1.85 bits per heavy atom. The number of hydrogen-bond acceptors (Lipinski definition) is 2. The minimum atomic E-state index is -0.368. The van der Waals surface area contributed by atoms with E-state index in [-0.39, 0.29) is 6.04 Å². The highest BCUT2D eigenvalue weighted by Crippen LogP contribution is 2.06. The Morgan fingerprint density at radius 3 is 2.31 bits per heavy atom. The average Bonchev–Trinajstić information content (AvgIpc) is 2.19. The molecule has 0 aromatic heterocycles. The van der Waals surface area contributed by atoms with E-state index in [4.69, 9.17) is 5.73 Å². The van der Waals surface area contributed by atoms with E-state index in [2.05, 4.69) is 19.1 Å². The maximum Gasteiger partial charge on any atom is 0.137 e. The smallest absolute Gasteiger partial charge is 0.137 e. The number of aryl methyl sites for hydroxylation is 1. The van der Waals surface area contributed by atoms with Crippen LogP contribution < -0.4 is 5.73 Å². The molecule has 0 saturated heterocycles. The lowest BCUT2D eigenvalue weighted by atomic mass is 10.0. The molecular formula is C11H15NO. The summed E-state index contributed by atoms with van der Waals surface area (Å²) >= 11 is 0. The van der Waals surface area contributed by atoms with Crippen molar-refractivity contribution in [2.75, 3.05) is 0 Å². The second-order valence-electron chi connectivity index (χ2n) is 3.17. The zero-order valence-corrected chi connectivity index (χ0v) is 7.86. The van der Waals surface area contributed by atoms with Gasteiger partial charge >= 0.3 is 0 Å². The van der Waals surface area contributed by atoms with Crippen molar-refractivity contribution in [1.82, 2.24) is 0 Å². The Bertz CT molecular complexity index is 266. The van der Waals surface area contributed by atoms with E-state index < -0.39 is 0 Å². The van der Waals surface area contributed by atoms with Gasteiger partial charge in [0.25, 0.3) is 0 Å². The second-order valence-corrected chi connectivity index (χ2v) is 3.17. The van der Waals surface area contributed by atoms with Gasteiger partial charge in [-0.3, -0.25) is 0 Å². The van der Waals surface area contributed by atoms with E-state index >= 15 is 0 Å². The molecule has 0 unspecified atom stereocenters. The van der Waals surface area contributed by atoms with E-state index in [0.29, 0.717) is 6.42 Å². The van der Waals surface area contributed by atoms with Gasteiger partial charge in [0.15, 0.2) is 0 Å². The van der Waals surface area contributed by atoms with Crippen LogP contribution in [0.3, 0.4) is 0 Å². The molecule has 0 spiro atoms. The van der Waals surface area contributed by atoms with Crippen LogP contribution in [0.5, 0.6) is 0 Å². The molecule has 0 aliphatic rings. The summed E-state index contributed by atoms with van der Waals surface area (Å²) in [6.45, 7) is 2.12. The zero-order valence-electron chi connectivity index (χ0n) is 7.86. The SMILES string of the molecule is CCc1ccc(C[C@@H](N)C=O)cc1. The molecule has 13 heavy (non-hydrogen) atoms. The van der Waals surface area contributed by atoms with Crippen LogP contribution in [0.15, 0.2) is 24.3 Å². The molecule has 1 aromatic rings. The Kier molecular flexibility index (Phi) is 3.65. The van der Waals surface area contributed by atoms with Crippen LogP contribution >= 0.6 is 0 Å². The average molecular weight is 177 g/mol. The van der Waals surface area contributed by atoms with Gasteiger partial charge in [0.05, 0.1) is 6.04 Å². The summed E-state index contributed by atoms with van der Waals surface area (Å²) in [5.74, 6) is 0. The maximum atomic E-state index is 10.3. The fourth-order valence-corrected chi connectivity index (χ4v) is 1.23. The molecule has 0 fully saturated rings. The Hall–Kier alpha value is -1.15. The summed E-state index contributed by atoms with van der Waals surface area (Å²) in [7, 11) is 0. The minimum absolute atomic E-state index is 0.368. The molecule has 0 saturated carbocycles. The van der Waals surface area contributed by atoms with Crippen LogP contribution in [0.2, 0.25) is 0 Å². The first-order chi connectivity index (χ1) is 6.26. The van der Waals surface area contributed by atoms with Gasteiger partial charge in [-0.15, -0.1) is 0 Å². The summed E-state index contributed by atoms with van der Waals surface area (Å²) in [6.07, 6.45) is 2.46. The standard InChI is InChI=1S/C11H15NO/c1-2-9-3-5-10(6-4-9)7-11(12)8-13/h3-6,8,11H,2,7,12H2,1H3/t11-/m1/s1. The van der Waals surface area contributed by atoms with Crippen LogP contribution in [0.1, 0.15) is 18.1 Å². The predicted octanol–water partition coefficient (Wildman–Crippen LogP) is 1.32. The van der Waals surface area contributed by atoms with Gasteiger partial charge in [0.2, 0.25) is 0 Å². The number of nitrogens with two attached hydrogens (primary N) is 1. The van der Waals surface area contributed by atoms with Crippen molar-refractivity contribution in [1.29, 1.82) is 0 Å². The highest BCUT2D eigenvalue weighted by atomic mass is 16.1. The van der Waals surface area contributed by atoms with Crippen molar-refractivity contribution in [3.8, 4) is 0 Å². The Morgan fingerprint density at radius 1 is 1.31 bits per heavy atom. The molecule has 0 amide bonds. The van der Waals surface area contributed by atoms with Gasteiger partial charge in [-0.25, -0.2) is 0 Å². The Balaban J connectivity index is 2.63. The molecule has 0 aliphatic carbocycles. The fourth-order valence-electron chi connectivity index (χ4n) is 1.23. The van der Waals surface area contributed by atoms with E-state index in [1.54, 1.807) is 0 Å². The molecule has 2 N–H and O–H groups in total. The van der Waals surface area contributed by atoms with Gasteiger partial charge in [0, 0.05) is 0 Å². The van der Waals surface area contributed by atoms with Gasteiger partial charge < -0.3 is 10.5 Å². The molecule has 1 aromatic carbocycles. The highest BCUT2D eigenvalue weighted by Gasteiger charge is 2.01. The summed E-state index contributed by atoms with van der Waals surface area (Å²) < 4.78 is 0. The summed E-state index contributed by atoms with van der Waals surface area (Å²) in [5.41, 5.74) is 7.94. The maximum absolute atomic E-state index is 10.3. The third kappa shape index (κ3) is 2.99. The van der Waals surface area contributed by atoms with Crippen molar-refractivity contribution in [2.45, 2.75) is 25.8 Å². The largest absolute Gasteiger partial charge is 0.321 e. The van der Waals surface area contributed by atoms with Gasteiger partial charge in [-0.05, 0) is 24.0 Å².